The van der Waals surface area contributed by atoms with E-state index in [1.165, 1.54) is 6.07 Å². The first-order valence-corrected chi connectivity index (χ1v) is 10.3. The van der Waals surface area contributed by atoms with Crippen molar-refractivity contribution in [3.63, 3.8) is 0 Å². The zero-order chi connectivity index (χ0) is 19.4. The molecule has 2 N–H and O–H groups in total. The van der Waals surface area contributed by atoms with E-state index in [9.17, 15) is 18.1 Å². The van der Waals surface area contributed by atoms with Crippen molar-refractivity contribution >= 4 is 10.1 Å². The van der Waals surface area contributed by atoms with Gasteiger partial charge >= 0.3 is 0 Å². The van der Waals surface area contributed by atoms with Gasteiger partial charge in [-0.25, -0.2) is 0 Å². The lowest BCUT2D eigenvalue weighted by molar-refractivity contribution is 0.444. The Kier molecular flexibility index (Phi) is 5.63. The van der Waals surface area contributed by atoms with Crippen molar-refractivity contribution in [2.75, 3.05) is 0 Å². The summed E-state index contributed by atoms with van der Waals surface area (Å²) in [7, 11) is -4.61. The van der Waals surface area contributed by atoms with E-state index in [0.717, 1.165) is 29.5 Å². The first kappa shape index (κ1) is 19.1. The number of hydrogen-bond donors (Lipinski definition) is 2. The fourth-order valence-electron chi connectivity index (χ4n) is 3.35. The molecule has 0 saturated heterocycles. The normalized spacial score (nSPS) is 11.5. The molecule has 0 amide bonds. The van der Waals surface area contributed by atoms with Crippen LogP contribution in [0, 0.1) is 0 Å². The summed E-state index contributed by atoms with van der Waals surface area (Å²) in [5.41, 5.74) is 3.47. The molecule has 0 fully saturated rings. The molecule has 3 aromatic carbocycles. The summed E-state index contributed by atoms with van der Waals surface area (Å²) in [5.74, 6) is -0.449. The van der Waals surface area contributed by atoms with Crippen LogP contribution in [-0.2, 0) is 16.5 Å². The Morgan fingerprint density at radius 1 is 0.889 bits per heavy atom. The predicted octanol–water partition coefficient (Wildman–Crippen LogP) is 5.32. The molecular formula is C22H22O4S. The zero-order valence-electron chi connectivity index (χ0n) is 15.1. The number of hydrogen-bond acceptors (Lipinski definition) is 3. The van der Waals surface area contributed by atoms with E-state index in [2.05, 4.69) is 6.92 Å². The van der Waals surface area contributed by atoms with Crippen LogP contribution >= 0.6 is 0 Å². The van der Waals surface area contributed by atoms with E-state index in [1.54, 1.807) is 24.3 Å². The number of rotatable bonds is 6. The lowest BCUT2D eigenvalue weighted by Crippen LogP contribution is -2.06. The Morgan fingerprint density at radius 3 is 1.96 bits per heavy atom. The maximum absolute atomic E-state index is 12.1. The van der Waals surface area contributed by atoms with Crippen molar-refractivity contribution < 1.29 is 18.1 Å². The molecule has 0 aliphatic rings. The quantitative estimate of drug-likeness (QED) is 0.566. The second kappa shape index (κ2) is 7.94. The number of phenols is 1. The van der Waals surface area contributed by atoms with Gasteiger partial charge in [-0.2, -0.15) is 8.42 Å². The molecule has 3 aromatic rings. The molecule has 27 heavy (non-hydrogen) atoms. The van der Waals surface area contributed by atoms with Crippen LogP contribution in [0.1, 0.15) is 25.3 Å². The molecule has 0 saturated carbocycles. The molecule has 0 radical (unpaired) electrons. The second-order valence-electron chi connectivity index (χ2n) is 6.44. The van der Waals surface area contributed by atoms with Gasteiger partial charge < -0.3 is 5.11 Å². The summed E-state index contributed by atoms with van der Waals surface area (Å²) in [6.07, 6.45) is 2.42. The van der Waals surface area contributed by atoms with E-state index in [-0.39, 0.29) is 0 Å². The van der Waals surface area contributed by atoms with Crippen LogP contribution in [0.2, 0.25) is 0 Å². The third kappa shape index (κ3) is 4.04. The summed E-state index contributed by atoms with van der Waals surface area (Å²) in [5, 5.41) is 10.5. The highest BCUT2D eigenvalue weighted by Crippen LogP contribution is 2.43. The van der Waals surface area contributed by atoms with Crippen molar-refractivity contribution in [3.8, 4) is 28.0 Å². The van der Waals surface area contributed by atoms with Crippen LogP contribution in [0.3, 0.4) is 0 Å². The van der Waals surface area contributed by atoms with E-state index >= 15 is 0 Å². The fourth-order valence-corrected chi connectivity index (χ4v) is 4.17. The first-order chi connectivity index (χ1) is 12.9. The molecule has 0 aliphatic carbocycles. The number of benzene rings is 3. The molecule has 4 nitrogen and oxygen atoms in total. The molecular weight excluding hydrogens is 360 g/mol. The Balaban J connectivity index is 2.43. The largest absolute Gasteiger partial charge is 0.506 e. The zero-order valence-corrected chi connectivity index (χ0v) is 15.9. The van der Waals surface area contributed by atoms with Crippen molar-refractivity contribution in [2.45, 2.75) is 31.1 Å². The Hall–Kier alpha value is -2.63. The van der Waals surface area contributed by atoms with Crippen LogP contribution < -0.4 is 0 Å². The molecule has 0 aromatic heterocycles. The van der Waals surface area contributed by atoms with Crippen LogP contribution in [0.5, 0.6) is 5.75 Å². The minimum Gasteiger partial charge on any atom is -0.506 e. The lowest BCUT2D eigenvalue weighted by Gasteiger charge is -2.20. The van der Waals surface area contributed by atoms with E-state index in [4.69, 9.17) is 0 Å². The number of phenolic OH excluding ortho intramolecular Hbond substituents is 1. The van der Waals surface area contributed by atoms with Gasteiger partial charge in [-0.3, -0.25) is 4.55 Å². The van der Waals surface area contributed by atoms with Gasteiger partial charge in [0.05, 0.1) is 0 Å². The molecule has 5 heteroatoms. The van der Waals surface area contributed by atoms with E-state index in [0.29, 0.717) is 17.5 Å². The third-order valence-electron chi connectivity index (χ3n) is 4.55. The number of unbranched alkanes of at least 4 members (excludes halogenated alkanes) is 1. The fraction of sp³-hybridized carbons (Fsp3) is 0.182. The highest BCUT2D eigenvalue weighted by atomic mass is 32.2. The monoisotopic (exact) mass is 382 g/mol. The topological polar surface area (TPSA) is 74.6 Å². The molecule has 0 unspecified atom stereocenters. The summed E-state index contributed by atoms with van der Waals surface area (Å²) >= 11 is 0. The highest BCUT2D eigenvalue weighted by Gasteiger charge is 2.27. The highest BCUT2D eigenvalue weighted by molar-refractivity contribution is 7.86. The van der Waals surface area contributed by atoms with Crippen LogP contribution in [-0.4, -0.2) is 18.1 Å². The third-order valence-corrected chi connectivity index (χ3v) is 5.48. The summed E-state index contributed by atoms with van der Waals surface area (Å²) < 4.78 is 34.1. The maximum Gasteiger partial charge on any atom is 0.298 e. The molecule has 0 bridgehead atoms. The van der Waals surface area contributed by atoms with Gasteiger partial charge in [-0.1, -0.05) is 74.0 Å². The van der Waals surface area contributed by atoms with Gasteiger partial charge in [-0.05, 0) is 41.2 Å². The average Bonchev–Trinajstić information content (AvgIpc) is 2.66. The molecule has 3 rings (SSSR count). The van der Waals surface area contributed by atoms with E-state index < -0.39 is 20.8 Å². The van der Waals surface area contributed by atoms with Crippen molar-refractivity contribution in [2.24, 2.45) is 0 Å². The second-order valence-corrected chi connectivity index (χ2v) is 7.79. The minimum absolute atomic E-state index is 0.366. The summed E-state index contributed by atoms with van der Waals surface area (Å²) in [4.78, 5) is -0.431. The van der Waals surface area contributed by atoms with Crippen molar-refractivity contribution in [1.82, 2.24) is 0 Å². The van der Waals surface area contributed by atoms with E-state index in [1.807, 2.05) is 36.4 Å². The first-order valence-electron chi connectivity index (χ1n) is 8.90. The van der Waals surface area contributed by atoms with Gasteiger partial charge in [0.1, 0.15) is 10.6 Å². The summed E-state index contributed by atoms with van der Waals surface area (Å²) in [6, 6.07) is 20.0. The van der Waals surface area contributed by atoms with Gasteiger partial charge in [0.25, 0.3) is 10.1 Å². The molecule has 0 spiro atoms. The van der Waals surface area contributed by atoms with Gasteiger partial charge in [0.15, 0.2) is 0 Å². The van der Waals surface area contributed by atoms with Crippen LogP contribution in [0.25, 0.3) is 22.3 Å². The minimum atomic E-state index is -4.61. The lowest BCUT2D eigenvalue weighted by atomic mass is 9.88. The van der Waals surface area contributed by atoms with Gasteiger partial charge in [-0.15, -0.1) is 0 Å². The predicted molar refractivity (Wildman–Crippen MR) is 107 cm³/mol. The van der Waals surface area contributed by atoms with Crippen LogP contribution in [0.15, 0.2) is 71.6 Å². The average molecular weight is 382 g/mol. The molecule has 0 aliphatic heterocycles. The van der Waals surface area contributed by atoms with Crippen molar-refractivity contribution in [1.29, 1.82) is 0 Å². The van der Waals surface area contributed by atoms with Gasteiger partial charge in [0, 0.05) is 5.56 Å². The Labute approximate surface area is 159 Å². The smallest absolute Gasteiger partial charge is 0.298 e. The maximum atomic E-state index is 12.1. The molecule has 0 heterocycles. The standard InChI is InChI=1S/C22H22O4S/c1-2-3-14-18-19(16-10-6-4-7-11-16)15-20(23)22(27(24,25)26)21(18)17-12-8-5-9-13-17/h4-13,15,23H,2-3,14H2,1H3,(H,24,25,26). The molecule has 140 valence electrons. The van der Waals surface area contributed by atoms with Crippen LogP contribution in [0.4, 0.5) is 0 Å². The van der Waals surface area contributed by atoms with Crippen molar-refractivity contribution in [3.05, 3.63) is 72.3 Å². The Morgan fingerprint density at radius 2 is 1.44 bits per heavy atom. The summed E-state index contributed by atoms with van der Waals surface area (Å²) in [6.45, 7) is 2.06. The SMILES string of the molecule is CCCCc1c(-c2ccccc2)cc(O)c(S(=O)(=O)O)c1-c1ccccc1. The number of aromatic hydroxyl groups is 1. The Bertz CT molecular complexity index is 1030. The molecule has 0 atom stereocenters. The van der Waals surface area contributed by atoms with Gasteiger partial charge in [0.2, 0.25) is 0 Å².